The lowest BCUT2D eigenvalue weighted by molar-refractivity contribution is -0.00861. The van der Waals surface area contributed by atoms with E-state index in [1.807, 2.05) is 6.07 Å². The van der Waals surface area contributed by atoms with Crippen LogP contribution in [0.1, 0.15) is 22.0 Å². The van der Waals surface area contributed by atoms with Gasteiger partial charge in [0.25, 0.3) is 0 Å². The molecule has 1 aliphatic heterocycles. The SMILES string of the molecule is C=CCOC(=O)N[C@H]1c2ccc(OCOCCOC)cc2O[C@@H]1COC(=O)c1ccccc1. The van der Waals surface area contributed by atoms with E-state index < -0.39 is 24.2 Å². The Morgan fingerprint density at radius 1 is 1.12 bits per heavy atom. The van der Waals surface area contributed by atoms with Crippen molar-refractivity contribution < 1.29 is 38.0 Å². The number of carbonyl (C=O) groups excluding carboxylic acids is 2. The van der Waals surface area contributed by atoms with Crippen molar-refractivity contribution in [3.05, 3.63) is 72.3 Å². The van der Waals surface area contributed by atoms with Crippen molar-refractivity contribution in [1.82, 2.24) is 5.32 Å². The molecule has 2 atom stereocenters. The van der Waals surface area contributed by atoms with Gasteiger partial charge in [0, 0.05) is 18.7 Å². The molecule has 0 unspecified atom stereocenters. The van der Waals surface area contributed by atoms with Crippen LogP contribution in [0.2, 0.25) is 0 Å². The average molecular weight is 457 g/mol. The number of ether oxygens (including phenoxy) is 6. The second kappa shape index (κ2) is 12.5. The molecular formula is C24H27NO8. The van der Waals surface area contributed by atoms with Crippen molar-refractivity contribution in [2.75, 3.05) is 40.3 Å². The number of carbonyl (C=O) groups is 2. The summed E-state index contributed by atoms with van der Waals surface area (Å²) in [5.41, 5.74) is 1.13. The maximum atomic E-state index is 12.3. The van der Waals surface area contributed by atoms with E-state index >= 15 is 0 Å². The molecule has 0 spiro atoms. The van der Waals surface area contributed by atoms with Gasteiger partial charge in [0.15, 0.2) is 12.9 Å². The molecule has 0 saturated carbocycles. The summed E-state index contributed by atoms with van der Waals surface area (Å²) < 4.78 is 32.3. The summed E-state index contributed by atoms with van der Waals surface area (Å²) in [5.74, 6) is 0.542. The van der Waals surface area contributed by atoms with Crippen LogP contribution >= 0.6 is 0 Å². The molecule has 1 N–H and O–H groups in total. The van der Waals surface area contributed by atoms with E-state index in [4.69, 9.17) is 28.4 Å². The monoisotopic (exact) mass is 457 g/mol. The minimum atomic E-state index is -0.655. The van der Waals surface area contributed by atoms with Gasteiger partial charge < -0.3 is 33.7 Å². The Morgan fingerprint density at radius 2 is 1.94 bits per heavy atom. The van der Waals surface area contributed by atoms with E-state index in [-0.39, 0.29) is 20.0 Å². The Kier molecular flexibility index (Phi) is 9.10. The van der Waals surface area contributed by atoms with Crippen molar-refractivity contribution in [3.8, 4) is 11.5 Å². The lowest BCUT2D eigenvalue weighted by Crippen LogP contribution is -2.38. The Balaban J connectivity index is 1.67. The highest BCUT2D eigenvalue weighted by Crippen LogP contribution is 2.39. The summed E-state index contributed by atoms with van der Waals surface area (Å²) in [4.78, 5) is 24.5. The number of hydrogen-bond acceptors (Lipinski definition) is 8. The Labute approximate surface area is 192 Å². The second-order valence-corrected chi connectivity index (χ2v) is 6.99. The van der Waals surface area contributed by atoms with E-state index in [1.54, 1.807) is 49.6 Å². The normalized spacial score (nSPS) is 16.3. The lowest BCUT2D eigenvalue weighted by atomic mass is 10.0. The van der Waals surface area contributed by atoms with Crippen LogP contribution in [0, 0.1) is 0 Å². The van der Waals surface area contributed by atoms with Gasteiger partial charge in [0.1, 0.15) is 30.8 Å². The zero-order valence-electron chi connectivity index (χ0n) is 18.4. The Morgan fingerprint density at radius 3 is 2.70 bits per heavy atom. The van der Waals surface area contributed by atoms with E-state index in [0.29, 0.717) is 35.8 Å². The molecule has 33 heavy (non-hydrogen) atoms. The summed E-state index contributed by atoms with van der Waals surface area (Å²) in [6.45, 7) is 4.44. The topological polar surface area (TPSA) is 102 Å². The largest absolute Gasteiger partial charge is 0.484 e. The molecule has 0 fully saturated rings. The van der Waals surface area contributed by atoms with Crippen LogP contribution in [0.3, 0.4) is 0 Å². The molecule has 9 nitrogen and oxygen atoms in total. The van der Waals surface area contributed by atoms with E-state index in [1.165, 1.54) is 6.08 Å². The van der Waals surface area contributed by atoms with Crippen LogP contribution in [0.15, 0.2) is 61.2 Å². The lowest BCUT2D eigenvalue weighted by Gasteiger charge is -2.20. The fourth-order valence-corrected chi connectivity index (χ4v) is 3.13. The van der Waals surface area contributed by atoms with Gasteiger partial charge >= 0.3 is 12.1 Å². The predicted molar refractivity (Wildman–Crippen MR) is 118 cm³/mol. The third-order valence-electron chi connectivity index (χ3n) is 4.70. The minimum Gasteiger partial charge on any atom is -0.484 e. The summed E-state index contributed by atoms with van der Waals surface area (Å²) in [6.07, 6.45) is 0.176. The molecule has 0 radical (unpaired) electrons. The summed E-state index contributed by atoms with van der Waals surface area (Å²) in [5, 5.41) is 2.76. The number of rotatable bonds is 12. The number of benzene rings is 2. The highest BCUT2D eigenvalue weighted by atomic mass is 16.7. The zero-order valence-corrected chi connectivity index (χ0v) is 18.4. The van der Waals surface area contributed by atoms with Crippen molar-refractivity contribution in [1.29, 1.82) is 0 Å². The molecule has 1 heterocycles. The summed E-state index contributed by atoms with van der Waals surface area (Å²) >= 11 is 0. The van der Waals surface area contributed by atoms with Gasteiger partial charge in [-0.1, -0.05) is 30.9 Å². The third kappa shape index (κ3) is 6.96. The molecule has 0 aromatic heterocycles. The maximum Gasteiger partial charge on any atom is 0.408 e. The smallest absolute Gasteiger partial charge is 0.408 e. The van der Waals surface area contributed by atoms with Gasteiger partial charge in [-0.05, 0) is 24.3 Å². The molecule has 2 aromatic carbocycles. The van der Waals surface area contributed by atoms with Crippen LogP contribution in [0.5, 0.6) is 11.5 Å². The van der Waals surface area contributed by atoms with Gasteiger partial charge in [0.05, 0.1) is 18.8 Å². The van der Waals surface area contributed by atoms with Crippen LogP contribution in [0.25, 0.3) is 0 Å². The fourth-order valence-electron chi connectivity index (χ4n) is 3.13. The van der Waals surface area contributed by atoms with Gasteiger partial charge in [-0.15, -0.1) is 0 Å². The summed E-state index contributed by atoms with van der Waals surface area (Å²) in [7, 11) is 1.59. The molecule has 9 heteroatoms. The van der Waals surface area contributed by atoms with Gasteiger partial charge in [-0.2, -0.15) is 0 Å². The van der Waals surface area contributed by atoms with Crippen LogP contribution in [-0.4, -0.2) is 58.5 Å². The number of nitrogens with one attached hydrogen (secondary N) is 1. The molecular weight excluding hydrogens is 430 g/mol. The first-order chi connectivity index (χ1) is 16.1. The number of fused-ring (bicyclic) bond motifs is 1. The first-order valence-corrected chi connectivity index (χ1v) is 10.4. The maximum absolute atomic E-state index is 12.3. The van der Waals surface area contributed by atoms with Crippen LogP contribution < -0.4 is 14.8 Å². The number of esters is 1. The first kappa shape index (κ1) is 24.1. The molecule has 2 aromatic rings. The molecule has 1 aliphatic rings. The van der Waals surface area contributed by atoms with Gasteiger partial charge in [0.2, 0.25) is 0 Å². The molecule has 0 bridgehead atoms. The Bertz CT molecular complexity index is 933. The predicted octanol–water partition coefficient (Wildman–Crippen LogP) is 3.26. The molecule has 0 saturated heterocycles. The van der Waals surface area contributed by atoms with Crippen molar-refractivity contribution in [2.45, 2.75) is 12.1 Å². The summed E-state index contributed by atoms with van der Waals surface area (Å²) in [6, 6.07) is 13.2. The minimum absolute atomic E-state index is 0.0514. The Hall–Kier alpha value is -3.56. The van der Waals surface area contributed by atoms with Crippen LogP contribution in [0.4, 0.5) is 4.79 Å². The first-order valence-electron chi connectivity index (χ1n) is 10.4. The fraction of sp³-hybridized carbons (Fsp3) is 0.333. The quantitative estimate of drug-likeness (QED) is 0.224. The van der Waals surface area contributed by atoms with Gasteiger partial charge in [-0.25, -0.2) is 9.59 Å². The molecule has 176 valence electrons. The van der Waals surface area contributed by atoms with Crippen molar-refractivity contribution in [3.63, 3.8) is 0 Å². The highest BCUT2D eigenvalue weighted by Gasteiger charge is 2.37. The number of methoxy groups -OCH3 is 1. The highest BCUT2D eigenvalue weighted by molar-refractivity contribution is 5.89. The van der Waals surface area contributed by atoms with Crippen LogP contribution in [-0.2, 0) is 18.9 Å². The average Bonchev–Trinajstić information content (AvgIpc) is 3.18. The number of hydrogen-bond donors (Lipinski definition) is 1. The zero-order chi connectivity index (χ0) is 23.5. The van der Waals surface area contributed by atoms with E-state index in [2.05, 4.69) is 11.9 Å². The molecule has 1 amide bonds. The van der Waals surface area contributed by atoms with E-state index in [9.17, 15) is 9.59 Å². The standard InChI is InChI=1S/C24H27NO8/c1-3-11-30-24(27)25-22-19-10-9-18(32-16-29-13-12-28-2)14-20(19)33-21(22)15-31-23(26)17-7-5-4-6-8-17/h3-10,14,21-22H,1,11-13,15-16H2,2H3,(H,25,27)/t21-,22+/m1/s1. The van der Waals surface area contributed by atoms with Gasteiger partial charge in [-0.3, -0.25) is 0 Å². The number of alkyl carbamates (subject to hydrolysis) is 1. The van der Waals surface area contributed by atoms with E-state index in [0.717, 1.165) is 0 Å². The third-order valence-corrected chi connectivity index (χ3v) is 4.70. The van der Waals surface area contributed by atoms with Crippen molar-refractivity contribution >= 4 is 12.1 Å². The second-order valence-electron chi connectivity index (χ2n) is 6.99. The van der Waals surface area contributed by atoms with Crippen molar-refractivity contribution in [2.24, 2.45) is 0 Å². The molecule has 0 aliphatic carbocycles. The number of amides is 1. The molecule has 3 rings (SSSR count).